The number of carbonyl (C=O) groups is 3. The lowest BCUT2D eigenvalue weighted by atomic mass is 9.75. The zero-order valence-corrected chi connectivity index (χ0v) is 18.7. The van der Waals surface area contributed by atoms with Crippen LogP contribution in [-0.4, -0.2) is 65.9 Å². The molecule has 3 fully saturated rings. The first-order valence-electron chi connectivity index (χ1n) is 11.6. The highest BCUT2D eigenvalue weighted by Gasteiger charge is 2.52. The highest BCUT2D eigenvalue weighted by molar-refractivity contribution is 6.09. The first-order valence-corrected chi connectivity index (χ1v) is 11.6. The molecule has 1 aromatic rings. The van der Waals surface area contributed by atoms with Crippen molar-refractivity contribution in [2.24, 2.45) is 5.92 Å². The summed E-state index contributed by atoms with van der Waals surface area (Å²) in [5.41, 5.74) is 0.834. The summed E-state index contributed by atoms with van der Waals surface area (Å²) in [6.07, 6.45) is 5.07. The van der Waals surface area contributed by atoms with Crippen LogP contribution in [-0.2, 0) is 9.59 Å². The third kappa shape index (κ3) is 4.29. The number of rotatable bonds is 4. The number of nitrogens with zero attached hydrogens (tertiary/aromatic N) is 4. The van der Waals surface area contributed by atoms with Crippen molar-refractivity contribution in [3.63, 3.8) is 0 Å². The fourth-order valence-corrected chi connectivity index (χ4v) is 5.14. The van der Waals surface area contributed by atoms with Crippen LogP contribution in [0.15, 0.2) is 24.3 Å². The average Bonchev–Trinajstić information content (AvgIpc) is 2.99. The minimum Gasteiger partial charge on any atom is -0.370 e. The van der Waals surface area contributed by atoms with Crippen molar-refractivity contribution in [1.29, 1.82) is 5.26 Å². The Bertz CT molecular complexity index is 915. The summed E-state index contributed by atoms with van der Waals surface area (Å²) in [5, 5.41) is 11.9. The van der Waals surface area contributed by atoms with Gasteiger partial charge >= 0.3 is 6.03 Å². The fraction of sp³-hybridized carbons (Fsp3) is 0.583. The van der Waals surface area contributed by atoms with Crippen molar-refractivity contribution in [1.82, 2.24) is 15.1 Å². The number of anilines is 1. The van der Waals surface area contributed by atoms with Crippen LogP contribution in [0.25, 0.3) is 0 Å². The van der Waals surface area contributed by atoms with Gasteiger partial charge in [0.15, 0.2) is 0 Å². The van der Waals surface area contributed by atoms with Crippen molar-refractivity contribution in [2.45, 2.75) is 51.0 Å². The van der Waals surface area contributed by atoms with Crippen LogP contribution in [0.2, 0.25) is 0 Å². The molecule has 32 heavy (non-hydrogen) atoms. The van der Waals surface area contributed by atoms with Gasteiger partial charge in [0.1, 0.15) is 12.1 Å². The molecular weight excluding hydrogens is 406 g/mol. The number of hydrogen-bond donors (Lipinski definition) is 1. The van der Waals surface area contributed by atoms with E-state index in [9.17, 15) is 14.4 Å². The van der Waals surface area contributed by atoms with E-state index in [-0.39, 0.29) is 18.4 Å². The maximum atomic E-state index is 13.1. The van der Waals surface area contributed by atoms with Crippen molar-refractivity contribution >= 4 is 23.5 Å². The summed E-state index contributed by atoms with van der Waals surface area (Å²) >= 11 is 0. The van der Waals surface area contributed by atoms with Crippen molar-refractivity contribution in [2.75, 3.05) is 37.6 Å². The Balaban J connectivity index is 1.35. The summed E-state index contributed by atoms with van der Waals surface area (Å²) < 4.78 is 0. The molecule has 0 radical (unpaired) electrons. The minimum atomic E-state index is -0.811. The van der Waals surface area contributed by atoms with Gasteiger partial charge in [-0.15, -0.1) is 0 Å². The third-order valence-electron chi connectivity index (χ3n) is 7.29. The molecule has 2 heterocycles. The lowest BCUT2D eigenvalue weighted by molar-refractivity contribution is -0.139. The number of benzene rings is 1. The standard InChI is InChI=1S/C24H31N5O3/c1-2-18-8-10-24(11-9-18)22(31)29(23(32)26-24)17-21(30)28-13-3-12-27(14-15-28)20-6-4-19(16-25)5-7-20/h4-7,18H,2-3,8-15,17H2,1H3,(H,26,32). The van der Waals surface area contributed by atoms with E-state index in [2.05, 4.69) is 23.2 Å². The molecule has 1 aliphatic carbocycles. The molecular formula is C24H31N5O3. The smallest absolute Gasteiger partial charge is 0.325 e. The highest BCUT2D eigenvalue weighted by Crippen LogP contribution is 2.37. The Morgan fingerprint density at radius 3 is 2.50 bits per heavy atom. The monoisotopic (exact) mass is 437 g/mol. The number of hydrogen-bond acceptors (Lipinski definition) is 5. The van der Waals surface area contributed by atoms with Gasteiger partial charge in [-0.1, -0.05) is 13.3 Å². The number of carbonyl (C=O) groups excluding carboxylic acids is 3. The Kier molecular flexibility index (Phi) is 6.35. The lowest BCUT2D eigenvalue weighted by Crippen LogP contribution is -2.50. The van der Waals surface area contributed by atoms with Gasteiger partial charge in [-0.2, -0.15) is 5.26 Å². The number of nitriles is 1. The quantitative estimate of drug-likeness (QED) is 0.730. The van der Waals surface area contributed by atoms with E-state index in [1.807, 2.05) is 12.1 Å². The van der Waals surface area contributed by atoms with Gasteiger partial charge in [0.05, 0.1) is 11.6 Å². The molecule has 8 nitrogen and oxygen atoms in total. The van der Waals surface area contributed by atoms with Crippen molar-refractivity contribution in [3.8, 4) is 6.07 Å². The molecule has 2 saturated heterocycles. The second-order valence-electron chi connectivity index (χ2n) is 9.14. The third-order valence-corrected chi connectivity index (χ3v) is 7.29. The number of nitrogens with one attached hydrogen (secondary N) is 1. The SMILES string of the molecule is CCC1CCC2(CC1)NC(=O)N(CC(=O)N1CCCN(c3ccc(C#N)cc3)CC1)C2=O. The van der Waals surface area contributed by atoms with Crippen molar-refractivity contribution < 1.29 is 14.4 Å². The molecule has 2 aliphatic heterocycles. The molecule has 1 spiro atoms. The van der Waals surface area contributed by atoms with Crippen LogP contribution >= 0.6 is 0 Å². The number of amides is 4. The van der Waals surface area contributed by atoms with Gasteiger partial charge in [-0.3, -0.25) is 14.5 Å². The molecule has 1 saturated carbocycles. The van der Waals surface area contributed by atoms with E-state index in [0.717, 1.165) is 42.8 Å². The summed E-state index contributed by atoms with van der Waals surface area (Å²) in [5.74, 6) is 0.186. The van der Waals surface area contributed by atoms with Crippen LogP contribution in [0.3, 0.4) is 0 Å². The molecule has 1 aromatic carbocycles. The molecule has 0 unspecified atom stereocenters. The molecule has 170 valence electrons. The fourth-order valence-electron chi connectivity index (χ4n) is 5.14. The van der Waals surface area contributed by atoms with Crippen LogP contribution in [0, 0.1) is 17.2 Å². The van der Waals surface area contributed by atoms with E-state index < -0.39 is 11.6 Å². The van der Waals surface area contributed by atoms with Gasteiger partial charge in [-0.25, -0.2) is 4.79 Å². The Morgan fingerprint density at radius 2 is 1.84 bits per heavy atom. The largest absolute Gasteiger partial charge is 0.370 e. The lowest BCUT2D eigenvalue weighted by Gasteiger charge is -2.34. The first-order chi connectivity index (χ1) is 15.5. The summed E-state index contributed by atoms with van der Waals surface area (Å²) in [6, 6.07) is 9.13. The molecule has 8 heteroatoms. The maximum absolute atomic E-state index is 13.1. The zero-order chi connectivity index (χ0) is 22.7. The van der Waals surface area contributed by atoms with Crippen LogP contribution in [0.5, 0.6) is 0 Å². The van der Waals surface area contributed by atoms with Gasteiger partial charge in [-0.05, 0) is 62.3 Å². The molecule has 1 N–H and O–H groups in total. The van der Waals surface area contributed by atoms with Crippen LogP contribution < -0.4 is 10.2 Å². The van der Waals surface area contributed by atoms with E-state index >= 15 is 0 Å². The predicted octanol–water partition coefficient (Wildman–Crippen LogP) is 2.49. The summed E-state index contributed by atoms with van der Waals surface area (Å²) in [4.78, 5) is 43.7. The number of imide groups is 1. The average molecular weight is 438 g/mol. The molecule has 0 aromatic heterocycles. The van der Waals surface area contributed by atoms with E-state index in [1.54, 1.807) is 17.0 Å². The molecule has 0 bridgehead atoms. The van der Waals surface area contributed by atoms with E-state index in [0.29, 0.717) is 44.0 Å². The summed E-state index contributed by atoms with van der Waals surface area (Å²) in [7, 11) is 0. The topological polar surface area (TPSA) is 96.8 Å². The molecule has 4 rings (SSSR count). The Morgan fingerprint density at radius 1 is 1.12 bits per heavy atom. The van der Waals surface area contributed by atoms with Crippen molar-refractivity contribution in [3.05, 3.63) is 29.8 Å². The van der Waals surface area contributed by atoms with Gasteiger partial charge in [0, 0.05) is 31.9 Å². The Hall–Kier alpha value is -3.08. The predicted molar refractivity (Wildman–Crippen MR) is 120 cm³/mol. The molecule has 4 amide bonds. The second kappa shape index (κ2) is 9.19. The Labute approximate surface area is 189 Å². The zero-order valence-electron chi connectivity index (χ0n) is 18.7. The molecule has 0 atom stereocenters. The second-order valence-corrected chi connectivity index (χ2v) is 9.14. The van der Waals surface area contributed by atoms with E-state index in [1.165, 1.54) is 0 Å². The van der Waals surface area contributed by atoms with Gasteiger partial charge in [0.25, 0.3) is 5.91 Å². The summed E-state index contributed by atoms with van der Waals surface area (Å²) in [6.45, 7) is 4.57. The van der Waals surface area contributed by atoms with Gasteiger partial charge in [0.2, 0.25) is 5.91 Å². The van der Waals surface area contributed by atoms with Gasteiger partial charge < -0.3 is 15.1 Å². The van der Waals surface area contributed by atoms with Crippen LogP contribution in [0.4, 0.5) is 10.5 Å². The first kappa shape index (κ1) is 22.1. The normalized spacial score (nSPS) is 26.1. The highest BCUT2D eigenvalue weighted by atomic mass is 16.2. The van der Waals surface area contributed by atoms with E-state index in [4.69, 9.17) is 5.26 Å². The minimum absolute atomic E-state index is 0.186. The molecule has 3 aliphatic rings. The number of urea groups is 1. The van der Waals surface area contributed by atoms with Crippen LogP contribution in [0.1, 0.15) is 51.0 Å². The maximum Gasteiger partial charge on any atom is 0.325 e.